The number of aliphatic hydroxyl groups excluding tert-OH is 5. The Morgan fingerprint density at radius 3 is 1.57 bits per heavy atom. The zero-order valence-electron chi connectivity index (χ0n) is 37.8. The van der Waals surface area contributed by atoms with Gasteiger partial charge in [-0.05, 0) is 57.8 Å². The predicted molar refractivity (Wildman–Crippen MR) is 242 cm³/mol. The number of nitrogens with one attached hydrogen (secondary N) is 1. The second kappa shape index (κ2) is 37.6. The van der Waals surface area contributed by atoms with Crippen LogP contribution in [0, 0.1) is 0 Å². The van der Waals surface area contributed by atoms with Gasteiger partial charge in [-0.15, -0.1) is 0 Å². The van der Waals surface area contributed by atoms with Gasteiger partial charge in [0.25, 0.3) is 0 Å². The van der Waals surface area contributed by atoms with Gasteiger partial charge in [0.2, 0.25) is 5.91 Å². The lowest BCUT2D eigenvalue weighted by Gasteiger charge is -2.41. The van der Waals surface area contributed by atoms with Gasteiger partial charge in [0.1, 0.15) is 30.5 Å². The first-order valence-corrected chi connectivity index (χ1v) is 25.3. The van der Waals surface area contributed by atoms with Crippen LogP contribution < -0.4 is 5.32 Å². The molecule has 1 amide bonds. The highest BCUT2D eigenvalue weighted by Crippen LogP contribution is 2.26. The fraction of sp³-hybridized carbons (Fsp3) is 0.851. The van der Waals surface area contributed by atoms with Crippen LogP contribution in [0.1, 0.15) is 194 Å². The van der Waals surface area contributed by atoms with Gasteiger partial charge in [0, 0.05) is 0 Å². The molecular weight excluding hydrogens is 803 g/mol. The average molecular weight is 890 g/mol. The first-order chi connectivity index (χ1) is 29.4. The van der Waals surface area contributed by atoms with Crippen molar-refractivity contribution in [2.45, 2.75) is 243 Å². The van der Waals surface area contributed by atoms with Gasteiger partial charge >= 0.3 is 10.4 Å². The summed E-state index contributed by atoms with van der Waals surface area (Å²) in [6.07, 6.45) is 32.4. The molecular formula is C47H87NO12S. The quantitative estimate of drug-likeness (QED) is 0.0175. The smallest absolute Gasteiger partial charge is 0.394 e. The summed E-state index contributed by atoms with van der Waals surface area (Å²) < 4.78 is 47.5. The maximum absolute atomic E-state index is 13.1. The standard InChI is InChI=1S/C47H87NO12S/c1-3-5-7-9-11-13-15-17-18-19-20-21-22-23-24-26-28-30-32-34-36-41(51)46(54)48-39(40(50)35-33-31-29-27-25-16-14-12-10-8-6-4-2)38-58-47-44(53)45(60-61(55,56)57)43(52)42(37-49)59-47/h21-22,25,27,33,35,39-45,47,49-53H,3-20,23-24,26,28-32,34,36-38H2,1-2H3,(H,48,54)(H,55,56,57)/b22-21-,27-25+,35-33+. The lowest BCUT2D eigenvalue weighted by Crippen LogP contribution is -2.61. The Balaban J connectivity index is 2.54. The van der Waals surface area contributed by atoms with E-state index in [1.807, 2.05) is 0 Å². The maximum atomic E-state index is 13.1. The highest BCUT2D eigenvalue weighted by atomic mass is 32.3. The average Bonchev–Trinajstić information content (AvgIpc) is 3.23. The molecule has 1 rings (SSSR count). The van der Waals surface area contributed by atoms with Crippen LogP contribution in [-0.2, 0) is 28.9 Å². The van der Waals surface area contributed by atoms with E-state index >= 15 is 0 Å². The van der Waals surface area contributed by atoms with E-state index in [1.165, 1.54) is 102 Å². The predicted octanol–water partition coefficient (Wildman–Crippen LogP) is 8.47. The molecule has 8 unspecified atom stereocenters. The Bertz CT molecular complexity index is 1250. The van der Waals surface area contributed by atoms with Crippen LogP contribution in [0.2, 0.25) is 0 Å². The molecule has 0 aliphatic carbocycles. The Morgan fingerprint density at radius 1 is 0.656 bits per heavy atom. The van der Waals surface area contributed by atoms with Gasteiger partial charge in [-0.2, -0.15) is 8.42 Å². The molecule has 1 aliphatic heterocycles. The van der Waals surface area contributed by atoms with Gasteiger partial charge in [-0.25, -0.2) is 4.18 Å². The van der Waals surface area contributed by atoms with Crippen molar-refractivity contribution in [3.63, 3.8) is 0 Å². The molecule has 1 heterocycles. The SMILES string of the molecule is CCCCCCCC/C=C/CC/C=C/C(O)C(COC1OC(CO)C(O)C(OS(=O)(=O)O)C1O)NC(=O)C(O)CCCCCCCC/C=C\CCCCCCCCCCCC. The number of carbonyl (C=O) groups excluding carboxylic acids is 1. The number of ether oxygens (including phenoxy) is 2. The molecule has 0 bridgehead atoms. The zero-order valence-corrected chi connectivity index (χ0v) is 38.7. The van der Waals surface area contributed by atoms with Crippen LogP contribution in [0.25, 0.3) is 0 Å². The Labute approximate surface area is 369 Å². The number of aliphatic hydroxyl groups is 5. The van der Waals surface area contributed by atoms with E-state index < -0.39 is 78.5 Å². The maximum Gasteiger partial charge on any atom is 0.397 e. The molecule has 13 nitrogen and oxygen atoms in total. The Morgan fingerprint density at radius 2 is 1.10 bits per heavy atom. The van der Waals surface area contributed by atoms with Crippen LogP contribution >= 0.6 is 0 Å². The van der Waals surface area contributed by atoms with E-state index in [0.717, 1.165) is 64.2 Å². The number of unbranched alkanes of at least 4 members (excludes halogenated alkanes) is 23. The zero-order chi connectivity index (χ0) is 45.0. The molecule has 0 aromatic heterocycles. The van der Waals surface area contributed by atoms with E-state index in [4.69, 9.17) is 9.47 Å². The molecule has 358 valence electrons. The molecule has 1 saturated heterocycles. The third-order valence-corrected chi connectivity index (χ3v) is 11.7. The van der Waals surface area contributed by atoms with Crippen molar-refractivity contribution in [3.05, 3.63) is 36.5 Å². The molecule has 0 radical (unpaired) electrons. The number of hydrogen-bond acceptors (Lipinski definition) is 11. The molecule has 0 aromatic rings. The van der Waals surface area contributed by atoms with Crippen molar-refractivity contribution >= 4 is 16.3 Å². The minimum atomic E-state index is -5.12. The summed E-state index contributed by atoms with van der Waals surface area (Å²) in [4.78, 5) is 13.1. The molecule has 1 aliphatic rings. The van der Waals surface area contributed by atoms with Gasteiger partial charge in [0.05, 0.1) is 25.4 Å². The van der Waals surface area contributed by atoms with Crippen molar-refractivity contribution in [2.75, 3.05) is 13.2 Å². The van der Waals surface area contributed by atoms with Gasteiger partial charge in [-0.3, -0.25) is 9.35 Å². The minimum absolute atomic E-state index is 0.229. The van der Waals surface area contributed by atoms with E-state index in [1.54, 1.807) is 6.08 Å². The first-order valence-electron chi connectivity index (χ1n) is 24.0. The van der Waals surface area contributed by atoms with Crippen molar-refractivity contribution in [2.24, 2.45) is 0 Å². The lowest BCUT2D eigenvalue weighted by molar-refractivity contribution is -0.298. The third-order valence-electron chi connectivity index (χ3n) is 11.3. The van der Waals surface area contributed by atoms with Gasteiger partial charge in [0.15, 0.2) is 6.29 Å². The normalized spacial score (nSPS) is 21.5. The minimum Gasteiger partial charge on any atom is -0.394 e. The number of carbonyl (C=O) groups is 1. The highest BCUT2D eigenvalue weighted by molar-refractivity contribution is 7.80. The van der Waals surface area contributed by atoms with E-state index in [9.17, 15) is 43.3 Å². The molecule has 61 heavy (non-hydrogen) atoms. The van der Waals surface area contributed by atoms with Crippen molar-refractivity contribution in [1.82, 2.24) is 5.32 Å². The number of hydrogen-bond donors (Lipinski definition) is 7. The van der Waals surface area contributed by atoms with Crippen molar-refractivity contribution in [1.29, 1.82) is 0 Å². The molecule has 7 N–H and O–H groups in total. The van der Waals surface area contributed by atoms with Crippen molar-refractivity contribution in [3.8, 4) is 0 Å². The Kier molecular flexibility index (Phi) is 35.4. The van der Waals surface area contributed by atoms with Gasteiger partial charge < -0.3 is 40.3 Å². The third kappa shape index (κ3) is 30.1. The van der Waals surface area contributed by atoms with E-state index in [0.29, 0.717) is 12.8 Å². The second-order valence-corrected chi connectivity index (χ2v) is 17.9. The monoisotopic (exact) mass is 890 g/mol. The first kappa shape index (κ1) is 57.3. The van der Waals surface area contributed by atoms with Crippen molar-refractivity contribution < 1.29 is 57.0 Å². The topological polar surface area (TPSA) is 212 Å². The molecule has 14 heteroatoms. The van der Waals surface area contributed by atoms with E-state index in [-0.39, 0.29) is 6.42 Å². The van der Waals surface area contributed by atoms with Crippen LogP contribution in [0.5, 0.6) is 0 Å². The number of amides is 1. The molecule has 0 spiro atoms. The van der Waals surface area contributed by atoms with Crippen LogP contribution in [-0.4, -0.2) is 107 Å². The summed E-state index contributed by atoms with van der Waals surface area (Å²) >= 11 is 0. The molecule has 0 aromatic carbocycles. The Hall–Kier alpha value is -1.72. The van der Waals surface area contributed by atoms with E-state index in [2.05, 4.69) is 47.7 Å². The summed E-state index contributed by atoms with van der Waals surface area (Å²) in [6, 6.07) is -1.14. The molecule has 1 fully saturated rings. The summed E-state index contributed by atoms with van der Waals surface area (Å²) in [6.45, 7) is 3.18. The number of allylic oxidation sites excluding steroid dienone is 5. The van der Waals surface area contributed by atoms with Crippen LogP contribution in [0.3, 0.4) is 0 Å². The summed E-state index contributed by atoms with van der Waals surface area (Å²) in [7, 11) is -5.12. The highest BCUT2D eigenvalue weighted by Gasteiger charge is 2.48. The van der Waals surface area contributed by atoms with Crippen LogP contribution in [0.15, 0.2) is 36.5 Å². The summed E-state index contributed by atoms with van der Waals surface area (Å²) in [5.74, 6) is -0.718. The number of rotatable bonds is 40. The largest absolute Gasteiger partial charge is 0.397 e. The fourth-order valence-electron chi connectivity index (χ4n) is 7.41. The fourth-order valence-corrected chi connectivity index (χ4v) is 7.92. The molecule has 8 atom stereocenters. The van der Waals surface area contributed by atoms with Gasteiger partial charge in [-0.1, -0.05) is 172 Å². The molecule has 0 saturated carbocycles. The van der Waals surface area contributed by atoms with Crippen LogP contribution in [0.4, 0.5) is 0 Å². The summed E-state index contributed by atoms with van der Waals surface area (Å²) in [5.41, 5.74) is 0. The summed E-state index contributed by atoms with van der Waals surface area (Å²) in [5, 5.41) is 55.1. The second-order valence-electron chi connectivity index (χ2n) is 16.8. The lowest BCUT2D eigenvalue weighted by atomic mass is 9.99.